The first-order valence-electron chi connectivity index (χ1n) is 7.96. The molecule has 0 spiro atoms. The van der Waals surface area contributed by atoms with Gasteiger partial charge in [0.15, 0.2) is 0 Å². The lowest BCUT2D eigenvalue weighted by Crippen LogP contribution is -2.37. The van der Waals surface area contributed by atoms with E-state index in [4.69, 9.17) is 4.74 Å². The highest BCUT2D eigenvalue weighted by Crippen LogP contribution is 2.35. The Morgan fingerprint density at radius 3 is 2.74 bits per heavy atom. The van der Waals surface area contributed by atoms with Gasteiger partial charge in [0.25, 0.3) is 0 Å². The number of halogens is 1. The number of ether oxygens (including phenoxy) is 1. The van der Waals surface area contributed by atoms with E-state index in [1.165, 1.54) is 16.4 Å². The Labute approximate surface area is 136 Å². The molecule has 2 aliphatic rings. The minimum absolute atomic E-state index is 0.0644. The van der Waals surface area contributed by atoms with Gasteiger partial charge in [0.1, 0.15) is 5.82 Å². The SMILES string of the molecule is O=S(=O)(CC1CCOCC1)N1CC(O)CC1c1cccc(F)c1. The molecule has 3 rings (SSSR count). The van der Waals surface area contributed by atoms with E-state index in [1.807, 2.05) is 0 Å². The van der Waals surface area contributed by atoms with Gasteiger partial charge in [-0.15, -0.1) is 0 Å². The lowest BCUT2D eigenvalue weighted by molar-refractivity contribution is 0.0720. The molecule has 0 aliphatic carbocycles. The summed E-state index contributed by atoms with van der Waals surface area (Å²) in [7, 11) is -3.51. The quantitative estimate of drug-likeness (QED) is 0.903. The van der Waals surface area contributed by atoms with Crippen molar-refractivity contribution in [1.29, 1.82) is 0 Å². The average Bonchev–Trinajstić information content (AvgIpc) is 2.91. The molecule has 23 heavy (non-hydrogen) atoms. The Bertz CT molecular complexity index is 645. The molecular formula is C16H22FNO4S. The van der Waals surface area contributed by atoms with E-state index < -0.39 is 28.0 Å². The number of nitrogens with zero attached hydrogens (tertiary/aromatic N) is 1. The second-order valence-electron chi connectivity index (χ2n) is 6.36. The molecule has 5 nitrogen and oxygen atoms in total. The third kappa shape index (κ3) is 3.91. The predicted octanol–water partition coefficient (Wildman–Crippen LogP) is 1.69. The highest BCUT2D eigenvalue weighted by atomic mass is 32.2. The zero-order valence-corrected chi connectivity index (χ0v) is 13.7. The van der Waals surface area contributed by atoms with Crippen LogP contribution in [0.1, 0.15) is 30.9 Å². The monoisotopic (exact) mass is 343 g/mol. The lowest BCUT2D eigenvalue weighted by Gasteiger charge is -2.28. The number of β-amino-alcohol motifs (C(OH)–C–C–N with tert-alkyl or cyclic N) is 1. The summed E-state index contributed by atoms with van der Waals surface area (Å²) in [5, 5.41) is 9.95. The molecule has 2 atom stereocenters. The Morgan fingerprint density at radius 2 is 2.04 bits per heavy atom. The second-order valence-corrected chi connectivity index (χ2v) is 8.33. The first-order chi connectivity index (χ1) is 11.0. The number of hydrogen-bond acceptors (Lipinski definition) is 4. The molecule has 1 aromatic rings. The van der Waals surface area contributed by atoms with Crippen LogP contribution >= 0.6 is 0 Å². The molecule has 1 aromatic carbocycles. The molecule has 128 valence electrons. The van der Waals surface area contributed by atoms with Crippen LogP contribution in [0, 0.1) is 11.7 Å². The van der Waals surface area contributed by atoms with Crippen molar-refractivity contribution in [2.45, 2.75) is 31.4 Å². The zero-order valence-electron chi connectivity index (χ0n) is 12.9. The maximum atomic E-state index is 13.5. The third-order valence-electron chi connectivity index (χ3n) is 4.61. The van der Waals surface area contributed by atoms with E-state index in [1.54, 1.807) is 12.1 Å². The Balaban J connectivity index is 1.80. The summed E-state index contributed by atoms with van der Waals surface area (Å²) in [6, 6.07) is 5.46. The Morgan fingerprint density at radius 1 is 1.30 bits per heavy atom. The highest BCUT2D eigenvalue weighted by Gasteiger charge is 2.40. The van der Waals surface area contributed by atoms with Gasteiger partial charge in [0.05, 0.1) is 17.9 Å². The average molecular weight is 343 g/mol. The number of aliphatic hydroxyl groups excluding tert-OH is 1. The van der Waals surface area contributed by atoms with Crippen molar-refractivity contribution in [2.24, 2.45) is 5.92 Å². The van der Waals surface area contributed by atoms with Crippen LogP contribution in [-0.4, -0.2) is 49.4 Å². The fourth-order valence-corrected chi connectivity index (χ4v) is 5.53. The molecule has 2 saturated heterocycles. The van der Waals surface area contributed by atoms with Gasteiger partial charge in [-0.3, -0.25) is 0 Å². The molecule has 2 unspecified atom stereocenters. The normalized spacial score (nSPS) is 27.4. The van der Waals surface area contributed by atoms with Crippen LogP contribution in [0.4, 0.5) is 4.39 Å². The van der Waals surface area contributed by atoms with E-state index in [2.05, 4.69) is 0 Å². The minimum Gasteiger partial charge on any atom is -0.392 e. The summed E-state index contributed by atoms with van der Waals surface area (Å²) in [5.41, 5.74) is 0.595. The van der Waals surface area contributed by atoms with Crippen molar-refractivity contribution in [3.63, 3.8) is 0 Å². The second kappa shape index (κ2) is 6.84. The van der Waals surface area contributed by atoms with Gasteiger partial charge in [-0.25, -0.2) is 12.8 Å². The van der Waals surface area contributed by atoms with Crippen molar-refractivity contribution in [3.05, 3.63) is 35.6 Å². The van der Waals surface area contributed by atoms with E-state index in [-0.39, 0.29) is 18.2 Å². The zero-order chi connectivity index (χ0) is 16.4. The molecule has 0 amide bonds. The third-order valence-corrected chi connectivity index (χ3v) is 6.62. The van der Waals surface area contributed by atoms with Gasteiger partial charge in [-0.05, 0) is 42.9 Å². The number of benzene rings is 1. The van der Waals surface area contributed by atoms with Gasteiger partial charge in [-0.1, -0.05) is 12.1 Å². The summed E-state index contributed by atoms with van der Waals surface area (Å²) in [5.74, 6) is -0.250. The van der Waals surface area contributed by atoms with Crippen LogP contribution in [-0.2, 0) is 14.8 Å². The first kappa shape index (κ1) is 16.8. The fourth-order valence-electron chi connectivity index (χ4n) is 3.42. The van der Waals surface area contributed by atoms with Crippen LogP contribution < -0.4 is 0 Å². The molecule has 0 bridgehead atoms. The molecule has 0 saturated carbocycles. The van der Waals surface area contributed by atoms with E-state index in [0.29, 0.717) is 25.2 Å². The van der Waals surface area contributed by atoms with Crippen LogP contribution in [0.5, 0.6) is 0 Å². The maximum absolute atomic E-state index is 13.5. The molecule has 2 fully saturated rings. The van der Waals surface area contributed by atoms with Crippen molar-refractivity contribution in [2.75, 3.05) is 25.5 Å². The Kier molecular flexibility index (Phi) is 5.01. The van der Waals surface area contributed by atoms with Crippen molar-refractivity contribution < 1.29 is 22.7 Å². The molecule has 2 aliphatic heterocycles. The highest BCUT2D eigenvalue weighted by molar-refractivity contribution is 7.89. The standard InChI is InChI=1S/C16H22FNO4S/c17-14-3-1-2-13(8-14)16-9-15(19)10-18(16)23(20,21)11-12-4-6-22-7-5-12/h1-3,8,12,15-16,19H,4-7,9-11H2. The topological polar surface area (TPSA) is 66.8 Å². The molecular weight excluding hydrogens is 321 g/mol. The summed E-state index contributed by atoms with van der Waals surface area (Å²) in [6.07, 6.45) is 1.06. The maximum Gasteiger partial charge on any atom is 0.215 e. The smallest absolute Gasteiger partial charge is 0.215 e. The van der Waals surface area contributed by atoms with E-state index in [9.17, 15) is 17.9 Å². The molecule has 1 N–H and O–H groups in total. The van der Waals surface area contributed by atoms with Crippen molar-refractivity contribution in [1.82, 2.24) is 4.31 Å². The molecule has 2 heterocycles. The molecule has 0 radical (unpaired) electrons. The van der Waals surface area contributed by atoms with Crippen LogP contribution in [0.25, 0.3) is 0 Å². The van der Waals surface area contributed by atoms with Gasteiger partial charge < -0.3 is 9.84 Å². The first-order valence-corrected chi connectivity index (χ1v) is 9.57. The largest absolute Gasteiger partial charge is 0.392 e. The Hall–Kier alpha value is -1.02. The summed E-state index contributed by atoms with van der Waals surface area (Å²) in [4.78, 5) is 0. The molecule has 0 aromatic heterocycles. The minimum atomic E-state index is -3.51. The number of aliphatic hydroxyl groups is 1. The van der Waals surface area contributed by atoms with Crippen LogP contribution in [0.15, 0.2) is 24.3 Å². The van der Waals surface area contributed by atoms with Crippen molar-refractivity contribution in [3.8, 4) is 0 Å². The summed E-state index contributed by atoms with van der Waals surface area (Å²) in [6.45, 7) is 1.26. The lowest BCUT2D eigenvalue weighted by atomic mass is 10.0. The van der Waals surface area contributed by atoms with Crippen molar-refractivity contribution >= 4 is 10.0 Å². The number of sulfonamides is 1. The van der Waals surface area contributed by atoms with Gasteiger partial charge in [0, 0.05) is 19.8 Å². The number of rotatable bonds is 4. The predicted molar refractivity (Wildman–Crippen MR) is 83.8 cm³/mol. The summed E-state index contributed by atoms with van der Waals surface area (Å²) >= 11 is 0. The van der Waals surface area contributed by atoms with Gasteiger partial charge >= 0.3 is 0 Å². The van der Waals surface area contributed by atoms with Crippen LogP contribution in [0.2, 0.25) is 0 Å². The van der Waals surface area contributed by atoms with Gasteiger partial charge in [0.2, 0.25) is 10.0 Å². The van der Waals surface area contributed by atoms with E-state index in [0.717, 1.165) is 12.8 Å². The van der Waals surface area contributed by atoms with Gasteiger partial charge in [-0.2, -0.15) is 4.31 Å². The summed E-state index contributed by atoms with van der Waals surface area (Å²) < 4.78 is 45.7. The van der Waals surface area contributed by atoms with Crippen LogP contribution in [0.3, 0.4) is 0 Å². The van der Waals surface area contributed by atoms with E-state index >= 15 is 0 Å². The number of hydrogen-bond donors (Lipinski definition) is 1. The fraction of sp³-hybridized carbons (Fsp3) is 0.625. The molecule has 7 heteroatoms.